The van der Waals surface area contributed by atoms with Crippen LogP contribution in [-0.2, 0) is 9.59 Å². The van der Waals surface area contributed by atoms with Crippen molar-refractivity contribution in [1.29, 1.82) is 0 Å². The van der Waals surface area contributed by atoms with Crippen molar-refractivity contribution in [3.63, 3.8) is 0 Å². The van der Waals surface area contributed by atoms with Crippen molar-refractivity contribution in [3.05, 3.63) is 92.5 Å². The smallest absolute Gasteiger partial charge is 0.316 e. The second kappa shape index (κ2) is 9.14. The van der Waals surface area contributed by atoms with Gasteiger partial charge in [-0.2, -0.15) is 0 Å². The van der Waals surface area contributed by atoms with Crippen molar-refractivity contribution in [2.45, 2.75) is 13.3 Å². The van der Waals surface area contributed by atoms with Crippen molar-refractivity contribution in [2.24, 2.45) is 5.92 Å². The van der Waals surface area contributed by atoms with E-state index < -0.39 is 34.3 Å². The number of nitro groups is 1. The molecule has 0 N–H and O–H groups in total. The van der Waals surface area contributed by atoms with Crippen LogP contribution in [0.2, 0.25) is 5.02 Å². The molecule has 2 heterocycles. The molecule has 5 rings (SSSR count). The minimum Gasteiger partial charge on any atom is -0.426 e. The minimum absolute atomic E-state index is 0.00759. The molecule has 0 aromatic heterocycles. The third-order valence-electron chi connectivity index (χ3n) is 6.31. The fourth-order valence-corrected chi connectivity index (χ4v) is 4.64. The number of hydrogen-bond donors (Lipinski definition) is 0. The molecule has 10 nitrogen and oxygen atoms in total. The summed E-state index contributed by atoms with van der Waals surface area (Å²) in [7, 11) is 0. The van der Waals surface area contributed by atoms with Gasteiger partial charge in [0.1, 0.15) is 11.3 Å². The Morgan fingerprint density at radius 1 is 1.05 bits per heavy atom. The first-order valence-corrected chi connectivity index (χ1v) is 11.6. The highest BCUT2D eigenvalue weighted by Gasteiger charge is 2.42. The van der Waals surface area contributed by atoms with E-state index in [1.165, 1.54) is 41.3 Å². The zero-order chi connectivity index (χ0) is 26.4. The molecule has 2 aliphatic rings. The largest absolute Gasteiger partial charge is 0.426 e. The number of hydrogen-bond acceptors (Lipinski definition) is 7. The number of carbonyl (C=O) groups is 4. The van der Waals surface area contributed by atoms with E-state index in [-0.39, 0.29) is 41.4 Å². The number of carbonyl (C=O) groups excluding carboxylic acids is 4. The Kier molecular flexibility index (Phi) is 5.96. The van der Waals surface area contributed by atoms with E-state index in [2.05, 4.69) is 0 Å². The number of imide groups is 1. The van der Waals surface area contributed by atoms with Gasteiger partial charge in [-0.3, -0.25) is 29.3 Å². The number of nitro benzene ring substituents is 1. The summed E-state index contributed by atoms with van der Waals surface area (Å²) in [6, 6.07) is 14.9. The lowest BCUT2D eigenvalue weighted by Gasteiger charge is -2.18. The standard InChI is InChI=1S/C26H18ClN3O7/c1-14-11-18(37-26(34)15-12-22(31)28(13-15)17-7-5-16(27)6-8-17)9-10-20(14)29-24(32)19-3-2-4-21(30(35)36)23(19)25(29)33/h2-11,15H,12-13H2,1H3/t15-/m0/s1. The Labute approximate surface area is 215 Å². The highest BCUT2D eigenvalue weighted by molar-refractivity contribution is 6.36. The lowest BCUT2D eigenvalue weighted by molar-refractivity contribution is -0.385. The molecule has 3 aromatic carbocycles. The molecule has 0 radical (unpaired) electrons. The normalized spacial score (nSPS) is 16.8. The highest BCUT2D eigenvalue weighted by atomic mass is 35.5. The van der Waals surface area contributed by atoms with Gasteiger partial charge in [-0.05, 0) is 61.0 Å². The van der Waals surface area contributed by atoms with E-state index in [9.17, 15) is 29.3 Å². The molecule has 0 bridgehead atoms. The quantitative estimate of drug-likeness (QED) is 0.161. The van der Waals surface area contributed by atoms with E-state index in [4.69, 9.17) is 16.3 Å². The first-order valence-electron chi connectivity index (χ1n) is 11.2. The molecule has 0 aliphatic carbocycles. The van der Waals surface area contributed by atoms with Gasteiger partial charge in [0.15, 0.2) is 0 Å². The Balaban J connectivity index is 1.32. The number of amides is 3. The summed E-state index contributed by atoms with van der Waals surface area (Å²) in [6.45, 7) is 1.77. The Morgan fingerprint density at radius 3 is 2.46 bits per heavy atom. The lowest BCUT2D eigenvalue weighted by atomic mass is 10.1. The van der Waals surface area contributed by atoms with Gasteiger partial charge in [-0.1, -0.05) is 17.7 Å². The maximum absolute atomic E-state index is 13.0. The van der Waals surface area contributed by atoms with Gasteiger partial charge in [0.2, 0.25) is 5.91 Å². The predicted molar refractivity (Wildman–Crippen MR) is 133 cm³/mol. The molecular formula is C26H18ClN3O7. The number of aryl methyl sites for hydroxylation is 1. The van der Waals surface area contributed by atoms with Gasteiger partial charge in [0, 0.05) is 29.7 Å². The number of anilines is 2. The summed E-state index contributed by atoms with van der Waals surface area (Å²) < 4.78 is 5.50. The number of fused-ring (bicyclic) bond motifs is 1. The third-order valence-corrected chi connectivity index (χ3v) is 6.57. The van der Waals surface area contributed by atoms with Crippen LogP contribution in [-0.4, -0.2) is 35.2 Å². The van der Waals surface area contributed by atoms with Crippen LogP contribution in [0.5, 0.6) is 5.75 Å². The van der Waals surface area contributed by atoms with Crippen LogP contribution in [0, 0.1) is 23.0 Å². The topological polar surface area (TPSA) is 127 Å². The molecule has 0 unspecified atom stereocenters. The van der Waals surface area contributed by atoms with Gasteiger partial charge in [0.25, 0.3) is 17.5 Å². The van der Waals surface area contributed by atoms with Crippen molar-refractivity contribution >= 4 is 52.4 Å². The zero-order valence-corrected chi connectivity index (χ0v) is 20.1. The van der Waals surface area contributed by atoms with Gasteiger partial charge >= 0.3 is 5.97 Å². The summed E-state index contributed by atoms with van der Waals surface area (Å²) >= 11 is 5.90. The van der Waals surface area contributed by atoms with Crippen molar-refractivity contribution in [2.75, 3.05) is 16.3 Å². The maximum atomic E-state index is 13.0. The van der Waals surface area contributed by atoms with Crippen LogP contribution < -0.4 is 14.5 Å². The second-order valence-electron chi connectivity index (χ2n) is 8.65. The highest BCUT2D eigenvalue weighted by Crippen LogP contribution is 2.36. The summed E-state index contributed by atoms with van der Waals surface area (Å²) in [5, 5.41) is 11.9. The Hall–Kier alpha value is -4.57. The van der Waals surface area contributed by atoms with Crippen LogP contribution in [0.4, 0.5) is 17.1 Å². The SMILES string of the molecule is Cc1cc(OC(=O)[C@H]2CC(=O)N(c3ccc(Cl)cc3)C2)ccc1N1C(=O)c2cccc([N+](=O)[O-])c2C1=O. The fraction of sp³-hybridized carbons (Fsp3) is 0.154. The number of halogens is 1. The van der Waals surface area contributed by atoms with Crippen LogP contribution in [0.15, 0.2) is 60.7 Å². The molecule has 11 heteroatoms. The molecule has 37 heavy (non-hydrogen) atoms. The predicted octanol–water partition coefficient (Wildman–Crippen LogP) is 4.32. The van der Waals surface area contributed by atoms with Gasteiger partial charge in [0.05, 0.1) is 22.1 Å². The summed E-state index contributed by atoms with van der Waals surface area (Å²) in [4.78, 5) is 64.2. The van der Waals surface area contributed by atoms with E-state index in [0.717, 1.165) is 4.90 Å². The monoisotopic (exact) mass is 519 g/mol. The zero-order valence-electron chi connectivity index (χ0n) is 19.3. The number of esters is 1. The molecule has 3 amide bonds. The first-order chi connectivity index (χ1) is 17.7. The summed E-state index contributed by atoms with van der Waals surface area (Å²) in [5.74, 6) is -2.79. The average Bonchev–Trinajstić information content (AvgIpc) is 3.37. The van der Waals surface area contributed by atoms with Crippen LogP contribution >= 0.6 is 11.6 Å². The average molecular weight is 520 g/mol. The molecule has 3 aromatic rings. The molecular weight excluding hydrogens is 502 g/mol. The molecule has 0 saturated carbocycles. The molecule has 186 valence electrons. The van der Waals surface area contributed by atoms with Crippen molar-refractivity contribution in [1.82, 2.24) is 0 Å². The van der Waals surface area contributed by atoms with Gasteiger partial charge in [-0.15, -0.1) is 0 Å². The van der Waals surface area contributed by atoms with Crippen LogP contribution in [0.1, 0.15) is 32.7 Å². The van der Waals surface area contributed by atoms with E-state index >= 15 is 0 Å². The van der Waals surface area contributed by atoms with Crippen LogP contribution in [0.3, 0.4) is 0 Å². The molecule has 1 atom stereocenters. The third kappa shape index (κ3) is 4.21. The molecule has 1 saturated heterocycles. The first kappa shape index (κ1) is 24.1. The van der Waals surface area contributed by atoms with Crippen molar-refractivity contribution in [3.8, 4) is 5.75 Å². The van der Waals surface area contributed by atoms with Crippen LogP contribution in [0.25, 0.3) is 0 Å². The summed E-state index contributed by atoms with van der Waals surface area (Å²) in [5.41, 5.74) is 0.526. The molecule has 1 fully saturated rings. The minimum atomic E-state index is -0.799. The lowest BCUT2D eigenvalue weighted by Crippen LogP contribution is -2.30. The second-order valence-corrected chi connectivity index (χ2v) is 9.09. The molecule has 2 aliphatic heterocycles. The van der Waals surface area contributed by atoms with Crippen molar-refractivity contribution < 1.29 is 28.8 Å². The molecule has 0 spiro atoms. The van der Waals surface area contributed by atoms with E-state index in [1.54, 1.807) is 31.2 Å². The number of ether oxygens (including phenoxy) is 1. The van der Waals surface area contributed by atoms with E-state index in [1.807, 2.05) is 0 Å². The number of rotatable bonds is 5. The van der Waals surface area contributed by atoms with Gasteiger partial charge < -0.3 is 9.64 Å². The van der Waals surface area contributed by atoms with Gasteiger partial charge in [-0.25, -0.2) is 4.90 Å². The number of benzene rings is 3. The van der Waals surface area contributed by atoms with E-state index in [0.29, 0.717) is 16.3 Å². The fourth-order valence-electron chi connectivity index (χ4n) is 4.52. The Bertz CT molecular complexity index is 1500. The summed E-state index contributed by atoms with van der Waals surface area (Å²) in [6.07, 6.45) is -0.00759. The maximum Gasteiger partial charge on any atom is 0.316 e. The number of nitrogens with zero attached hydrogens (tertiary/aromatic N) is 3. The Morgan fingerprint density at radius 2 is 1.78 bits per heavy atom.